The van der Waals surface area contributed by atoms with Crippen LogP contribution in [-0.4, -0.2) is 34.9 Å². The summed E-state index contributed by atoms with van der Waals surface area (Å²) in [6.45, 7) is 3.36. The summed E-state index contributed by atoms with van der Waals surface area (Å²) in [4.78, 5) is 17.7. The molecule has 1 fully saturated rings. The van der Waals surface area contributed by atoms with Crippen LogP contribution in [0.2, 0.25) is 0 Å². The first-order valence-electron chi connectivity index (χ1n) is 7.54. The molecule has 3 N–H and O–H groups in total. The van der Waals surface area contributed by atoms with Crippen LogP contribution in [0.25, 0.3) is 11.1 Å². The third-order valence-electron chi connectivity index (χ3n) is 4.39. The fourth-order valence-corrected chi connectivity index (χ4v) is 3.16. The van der Waals surface area contributed by atoms with Crippen molar-refractivity contribution in [2.75, 3.05) is 13.1 Å². The normalized spacial score (nSPS) is 21.3. The Kier molecular flexibility index (Phi) is 3.98. The molecule has 2 atom stereocenters. The average molecular weight is 301 g/mol. The molecule has 1 saturated heterocycles. The number of likely N-dealkylation sites (tertiary alicyclic amines) is 1. The highest BCUT2D eigenvalue weighted by molar-refractivity contribution is 6.01. The minimum atomic E-state index is -0.286. The molecule has 1 aliphatic heterocycles. The van der Waals surface area contributed by atoms with Crippen LogP contribution in [0, 0.1) is 11.7 Å². The fraction of sp³-hybridized carbons (Fsp3) is 0.353. The van der Waals surface area contributed by atoms with Gasteiger partial charge in [-0.2, -0.15) is 0 Å². The third-order valence-corrected chi connectivity index (χ3v) is 4.39. The Hall–Kier alpha value is -2.14. The van der Waals surface area contributed by atoms with Gasteiger partial charge in [-0.05, 0) is 43.5 Å². The highest BCUT2D eigenvalue weighted by Gasteiger charge is 2.33. The number of aromatic nitrogens is 1. The van der Waals surface area contributed by atoms with Gasteiger partial charge in [0.05, 0.1) is 5.56 Å². The zero-order valence-electron chi connectivity index (χ0n) is 12.6. The quantitative estimate of drug-likeness (QED) is 0.915. The van der Waals surface area contributed by atoms with Gasteiger partial charge < -0.3 is 15.6 Å². The van der Waals surface area contributed by atoms with Gasteiger partial charge in [0.25, 0.3) is 5.91 Å². The standard InChI is InChI=1S/C17H20FN3O/c1-11-6-12(7-19)10-21(11)17(22)16-9-20-8-15(16)13-2-4-14(18)5-3-13/h2-5,8-9,11-12,20H,6-7,10,19H2,1H3. The van der Waals surface area contributed by atoms with Gasteiger partial charge in [-0.25, -0.2) is 4.39 Å². The highest BCUT2D eigenvalue weighted by atomic mass is 19.1. The molecule has 0 spiro atoms. The predicted octanol–water partition coefficient (Wildman–Crippen LogP) is 2.63. The van der Waals surface area contributed by atoms with Crippen LogP contribution in [0.4, 0.5) is 4.39 Å². The molecule has 1 amide bonds. The number of rotatable bonds is 3. The molecule has 2 aromatic rings. The molecule has 1 aromatic heterocycles. The smallest absolute Gasteiger partial charge is 0.256 e. The van der Waals surface area contributed by atoms with Crippen LogP contribution in [0.15, 0.2) is 36.7 Å². The molecule has 1 aromatic carbocycles. The number of nitrogens with one attached hydrogen (secondary N) is 1. The molecule has 1 aliphatic rings. The number of nitrogens with two attached hydrogens (primary N) is 1. The van der Waals surface area contributed by atoms with Gasteiger partial charge in [0, 0.05) is 30.5 Å². The maximum atomic E-state index is 13.1. The Morgan fingerprint density at radius 2 is 2.09 bits per heavy atom. The van der Waals surface area contributed by atoms with Gasteiger partial charge in [-0.3, -0.25) is 4.79 Å². The Bertz CT molecular complexity index is 665. The van der Waals surface area contributed by atoms with Crippen molar-refractivity contribution in [1.82, 2.24) is 9.88 Å². The van der Waals surface area contributed by atoms with Crippen molar-refractivity contribution in [2.45, 2.75) is 19.4 Å². The van der Waals surface area contributed by atoms with Crippen molar-refractivity contribution < 1.29 is 9.18 Å². The van der Waals surface area contributed by atoms with Crippen molar-refractivity contribution in [3.63, 3.8) is 0 Å². The van der Waals surface area contributed by atoms with E-state index >= 15 is 0 Å². The van der Waals surface area contributed by atoms with E-state index in [4.69, 9.17) is 5.73 Å². The highest BCUT2D eigenvalue weighted by Crippen LogP contribution is 2.29. The molecule has 0 radical (unpaired) electrons. The van der Waals surface area contributed by atoms with Crippen LogP contribution < -0.4 is 5.73 Å². The summed E-state index contributed by atoms with van der Waals surface area (Å²) in [6.07, 6.45) is 4.43. The summed E-state index contributed by atoms with van der Waals surface area (Å²) in [6, 6.07) is 6.37. The summed E-state index contributed by atoms with van der Waals surface area (Å²) in [5, 5.41) is 0. The number of carbonyl (C=O) groups is 1. The van der Waals surface area contributed by atoms with E-state index in [0.29, 0.717) is 24.6 Å². The first-order valence-corrected chi connectivity index (χ1v) is 7.54. The Labute approximate surface area is 129 Å². The van der Waals surface area contributed by atoms with Crippen LogP contribution in [0.5, 0.6) is 0 Å². The van der Waals surface area contributed by atoms with E-state index < -0.39 is 0 Å². The molecular formula is C17H20FN3O. The third kappa shape index (κ3) is 2.64. The van der Waals surface area contributed by atoms with E-state index in [1.54, 1.807) is 24.5 Å². The monoisotopic (exact) mass is 301 g/mol. The Morgan fingerprint density at radius 1 is 1.36 bits per heavy atom. The largest absolute Gasteiger partial charge is 0.366 e. The van der Waals surface area contributed by atoms with Crippen molar-refractivity contribution in [3.05, 3.63) is 48.0 Å². The first kappa shape index (κ1) is 14.8. The number of hydrogen-bond donors (Lipinski definition) is 2. The van der Waals surface area contributed by atoms with E-state index in [1.165, 1.54) is 12.1 Å². The second-order valence-electron chi connectivity index (χ2n) is 5.93. The number of halogens is 1. The molecular weight excluding hydrogens is 281 g/mol. The SMILES string of the molecule is CC1CC(CN)CN1C(=O)c1c[nH]cc1-c1ccc(F)cc1. The van der Waals surface area contributed by atoms with Gasteiger partial charge in [0.1, 0.15) is 5.82 Å². The van der Waals surface area contributed by atoms with Crippen molar-refractivity contribution in [2.24, 2.45) is 11.7 Å². The van der Waals surface area contributed by atoms with Crippen LogP contribution in [0.3, 0.4) is 0 Å². The summed E-state index contributed by atoms with van der Waals surface area (Å²) in [5.41, 5.74) is 7.98. The van der Waals surface area contributed by atoms with Gasteiger partial charge in [0.15, 0.2) is 0 Å². The maximum absolute atomic E-state index is 13.1. The van der Waals surface area contributed by atoms with E-state index in [1.807, 2.05) is 4.90 Å². The lowest BCUT2D eigenvalue weighted by atomic mass is 10.0. The van der Waals surface area contributed by atoms with Gasteiger partial charge in [-0.15, -0.1) is 0 Å². The second kappa shape index (κ2) is 5.93. The number of H-pyrrole nitrogens is 1. The Morgan fingerprint density at radius 3 is 2.73 bits per heavy atom. The van der Waals surface area contributed by atoms with Crippen molar-refractivity contribution in [1.29, 1.82) is 0 Å². The molecule has 5 heteroatoms. The van der Waals surface area contributed by atoms with Crippen LogP contribution in [-0.2, 0) is 0 Å². The summed E-state index contributed by atoms with van der Waals surface area (Å²) < 4.78 is 13.1. The van der Waals surface area contributed by atoms with E-state index in [9.17, 15) is 9.18 Å². The maximum Gasteiger partial charge on any atom is 0.256 e. The van der Waals surface area contributed by atoms with E-state index in [2.05, 4.69) is 11.9 Å². The number of carbonyl (C=O) groups excluding carboxylic acids is 1. The molecule has 0 aliphatic carbocycles. The fourth-order valence-electron chi connectivity index (χ4n) is 3.16. The van der Waals surface area contributed by atoms with Gasteiger partial charge in [0.2, 0.25) is 0 Å². The number of nitrogens with zero attached hydrogens (tertiary/aromatic N) is 1. The minimum absolute atomic E-state index is 0.00373. The number of benzene rings is 1. The molecule has 4 nitrogen and oxygen atoms in total. The molecule has 2 unspecified atom stereocenters. The lowest BCUT2D eigenvalue weighted by molar-refractivity contribution is 0.0744. The number of aromatic amines is 1. The summed E-state index contributed by atoms with van der Waals surface area (Å²) >= 11 is 0. The molecule has 3 rings (SSSR count). The van der Waals surface area contributed by atoms with Crippen molar-refractivity contribution in [3.8, 4) is 11.1 Å². The molecule has 22 heavy (non-hydrogen) atoms. The molecule has 0 saturated carbocycles. The minimum Gasteiger partial charge on any atom is -0.366 e. The lowest BCUT2D eigenvalue weighted by Gasteiger charge is -2.21. The average Bonchev–Trinajstić information content (AvgIpc) is 3.14. The zero-order chi connectivity index (χ0) is 15.7. The molecule has 2 heterocycles. The molecule has 116 valence electrons. The number of hydrogen-bond acceptors (Lipinski definition) is 2. The molecule has 0 bridgehead atoms. The number of amides is 1. The van der Waals surface area contributed by atoms with Gasteiger partial charge >= 0.3 is 0 Å². The zero-order valence-corrected chi connectivity index (χ0v) is 12.6. The van der Waals surface area contributed by atoms with E-state index in [-0.39, 0.29) is 17.8 Å². The van der Waals surface area contributed by atoms with Gasteiger partial charge in [-0.1, -0.05) is 12.1 Å². The second-order valence-corrected chi connectivity index (χ2v) is 5.93. The van der Waals surface area contributed by atoms with Crippen LogP contribution in [0.1, 0.15) is 23.7 Å². The Balaban J connectivity index is 1.88. The summed E-state index contributed by atoms with van der Waals surface area (Å²) in [7, 11) is 0. The van der Waals surface area contributed by atoms with E-state index in [0.717, 1.165) is 17.5 Å². The topological polar surface area (TPSA) is 62.1 Å². The lowest BCUT2D eigenvalue weighted by Crippen LogP contribution is -2.34. The summed E-state index contributed by atoms with van der Waals surface area (Å²) in [5.74, 6) is 0.0855. The first-order chi connectivity index (χ1) is 10.6. The van der Waals surface area contributed by atoms with Crippen molar-refractivity contribution >= 4 is 5.91 Å². The predicted molar refractivity (Wildman–Crippen MR) is 83.8 cm³/mol. The van der Waals surface area contributed by atoms with Crippen LogP contribution >= 0.6 is 0 Å².